The van der Waals surface area contributed by atoms with Crippen LogP contribution < -0.4 is 0 Å². The number of hydrogen-bond acceptors (Lipinski definition) is 2. The van der Waals surface area contributed by atoms with Crippen molar-refractivity contribution < 1.29 is 15.0 Å². The van der Waals surface area contributed by atoms with Crippen molar-refractivity contribution in [3.8, 4) is 0 Å². The highest BCUT2D eigenvalue weighted by molar-refractivity contribution is 5.74. The molecule has 0 heterocycles. The van der Waals surface area contributed by atoms with Crippen molar-refractivity contribution in [2.75, 3.05) is 0 Å². The van der Waals surface area contributed by atoms with Crippen LogP contribution in [-0.4, -0.2) is 22.3 Å². The molecule has 0 saturated heterocycles. The standard InChI is InChI=1S/C8H12O3/c9-5-3-1-2-4-6(5)7(4)8(10)11/h4-7,9H,1-3H2,(H,10,11). The third kappa shape index (κ3) is 0.948. The molecule has 3 heteroatoms. The van der Waals surface area contributed by atoms with Crippen molar-refractivity contribution in [1.82, 2.24) is 0 Å². The second-order valence-corrected chi connectivity index (χ2v) is 3.60. The van der Waals surface area contributed by atoms with E-state index < -0.39 is 5.97 Å². The SMILES string of the molecule is O=C(O)C1C2CCCC(O)C21. The number of hydrogen-bond donors (Lipinski definition) is 2. The molecule has 0 aromatic heterocycles. The molecule has 4 unspecified atom stereocenters. The third-order valence-electron chi connectivity index (χ3n) is 3.00. The first-order valence-corrected chi connectivity index (χ1v) is 4.12. The van der Waals surface area contributed by atoms with Gasteiger partial charge in [-0.3, -0.25) is 4.79 Å². The van der Waals surface area contributed by atoms with Gasteiger partial charge in [-0.25, -0.2) is 0 Å². The number of aliphatic carboxylic acids is 1. The van der Waals surface area contributed by atoms with Crippen LogP contribution in [0.15, 0.2) is 0 Å². The highest BCUT2D eigenvalue weighted by Crippen LogP contribution is 2.55. The molecular formula is C8H12O3. The fraction of sp³-hybridized carbons (Fsp3) is 0.875. The van der Waals surface area contributed by atoms with Crippen molar-refractivity contribution in [3.63, 3.8) is 0 Å². The van der Waals surface area contributed by atoms with E-state index >= 15 is 0 Å². The van der Waals surface area contributed by atoms with E-state index in [-0.39, 0.29) is 23.9 Å². The van der Waals surface area contributed by atoms with Crippen LogP contribution in [0.2, 0.25) is 0 Å². The van der Waals surface area contributed by atoms with Crippen molar-refractivity contribution >= 4 is 5.97 Å². The van der Waals surface area contributed by atoms with Gasteiger partial charge < -0.3 is 10.2 Å². The summed E-state index contributed by atoms with van der Waals surface area (Å²) in [6.07, 6.45) is 2.45. The lowest BCUT2D eigenvalue weighted by atomic mass is 9.98. The molecule has 11 heavy (non-hydrogen) atoms. The summed E-state index contributed by atoms with van der Waals surface area (Å²) in [5, 5.41) is 18.1. The first-order chi connectivity index (χ1) is 5.22. The van der Waals surface area contributed by atoms with Crippen LogP contribution in [-0.2, 0) is 4.79 Å². The second kappa shape index (κ2) is 2.21. The summed E-state index contributed by atoms with van der Waals surface area (Å²) in [5.74, 6) is -0.578. The zero-order valence-electron chi connectivity index (χ0n) is 6.23. The topological polar surface area (TPSA) is 57.5 Å². The molecule has 0 radical (unpaired) electrons. The Bertz CT molecular complexity index is 190. The minimum atomic E-state index is -0.721. The number of aliphatic hydroxyl groups excluding tert-OH is 1. The largest absolute Gasteiger partial charge is 0.481 e. The fourth-order valence-electron chi connectivity index (χ4n) is 2.40. The van der Waals surface area contributed by atoms with Gasteiger partial charge in [0, 0.05) is 5.92 Å². The Hall–Kier alpha value is -0.570. The van der Waals surface area contributed by atoms with Crippen LogP contribution in [0, 0.1) is 17.8 Å². The molecule has 3 nitrogen and oxygen atoms in total. The van der Waals surface area contributed by atoms with Gasteiger partial charge in [0.2, 0.25) is 0 Å². The van der Waals surface area contributed by atoms with Crippen molar-refractivity contribution in [2.24, 2.45) is 17.8 Å². The van der Waals surface area contributed by atoms with Crippen molar-refractivity contribution in [1.29, 1.82) is 0 Å². The van der Waals surface area contributed by atoms with Gasteiger partial charge in [0.25, 0.3) is 0 Å². The maximum absolute atomic E-state index is 10.6. The Labute approximate surface area is 65.0 Å². The number of carboxylic acids is 1. The lowest BCUT2D eigenvalue weighted by Gasteiger charge is -2.13. The van der Waals surface area contributed by atoms with Crippen molar-refractivity contribution in [2.45, 2.75) is 25.4 Å². The van der Waals surface area contributed by atoms with Gasteiger partial charge >= 0.3 is 5.97 Å². The van der Waals surface area contributed by atoms with E-state index in [1.54, 1.807) is 0 Å². The average Bonchev–Trinajstić information content (AvgIpc) is 2.62. The van der Waals surface area contributed by atoms with Crippen LogP contribution in [0.25, 0.3) is 0 Å². The van der Waals surface area contributed by atoms with Gasteiger partial charge in [-0.05, 0) is 18.8 Å². The Morgan fingerprint density at radius 1 is 1.36 bits per heavy atom. The van der Waals surface area contributed by atoms with Crippen LogP contribution in [0.5, 0.6) is 0 Å². The lowest BCUT2D eigenvalue weighted by Crippen LogP contribution is -2.15. The zero-order chi connectivity index (χ0) is 8.01. The quantitative estimate of drug-likeness (QED) is 0.580. The molecule has 2 saturated carbocycles. The summed E-state index contributed by atoms with van der Waals surface area (Å²) in [6.45, 7) is 0. The van der Waals surface area contributed by atoms with Gasteiger partial charge in [-0.15, -0.1) is 0 Å². The minimum absolute atomic E-state index is 0.0845. The molecule has 62 valence electrons. The van der Waals surface area contributed by atoms with Gasteiger partial charge in [0.15, 0.2) is 0 Å². The number of rotatable bonds is 1. The average molecular weight is 156 g/mol. The third-order valence-corrected chi connectivity index (χ3v) is 3.00. The summed E-state index contributed by atoms with van der Waals surface area (Å²) >= 11 is 0. The molecule has 2 N–H and O–H groups in total. The van der Waals surface area contributed by atoms with E-state index in [9.17, 15) is 9.90 Å². The molecule has 2 aliphatic carbocycles. The summed E-state index contributed by atoms with van der Waals surface area (Å²) in [7, 11) is 0. The number of aliphatic hydroxyl groups is 1. The van der Waals surface area contributed by atoms with Gasteiger partial charge in [-0.1, -0.05) is 6.42 Å². The van der Waals surface area contributed by atoms with Crippen LogP contribution in [0.1, 0.15) is 19.3 Å². The van der Waals surface area contributed by atoms with Gasteiger partial charge in [0.05, 0.1) is 12.0 Å². The lowest BCUT2D eigenvalue weighted by molar-refractivity contribution is -0.139. The molecule has 4 atom stereocenters. The summed E-state index contributed by atoms with van der Waals surface area (Å²) < 4.78 is 0. The summed E-state index contributed by atoms with van der Waals surface area (Å²) in [6, 6.07) is 0. The predicted molar refractivity (Wildman–Crippen MR) is 38.0 cm³/mol. The van der Waals surface area contributed by atoms with E-state index in [1.807, 2.05) is 0 Å². The predicted octanol–water partition coefficient (Wildman–Crippen LogP) is 0.478. The molecule has 0 amide bonds. The monoisotopic (exact) mass is 156 g/mol. The minimum Gasteiger partial charge on any atom is -0.481 e. The molecule has 0 bridgehead atoms. The Morgan fingerprint density at radius 2 is 2.09 bits per heavy atom. The molecule has 0 aliphatic heterocycles. The molecule has 0 aromatic carbocycles. The van der Waals surface area contributed by atoms with Gasteiger partial charge in [-0.2, -0.15) is 0 Å². The first kappa shape index (κ1) is 7.10. The Morgan fingerprint density at radius 3 is 2.64 bits per heavy atom. The highest BCUT2D eigenvalue weighted by Gasteiger charge is 2.59. The highest BCUT2D eigenvalue weighted by atomic mass is 16.4. The summed E-state index contributed by atoms with van der Waals surface area (Å²) in [5.41, 5.74) is 0. The van der Waals surface area contributed by atoms with Crippen LogP contribution >= 0.6 is 0 Å². The molecule has 2 fully saturated rings. The molecule has 2 aliphatic rings. The van der Waals surface area contributed by atoms with E-state index in [4.69, 9.17) is 5.11 Å². The second-order valence-electron chi connectivity index (χ2n) is 3.60. The molecule has 2 rings (SSSR count). The Balaban J connectivity index is 2.05. The normalized spacial score (nSPS) is 48.1. The number of fused-ring (bicyclic) bond motifs is 1. The number of carbonyl (C=O) groups is 1. The number of carboxylic acid groups (broad SMARTS) is 1. The smallest absolute Gasteiger partial charge is 0.307 e. The maximum Gasteiger partial charge on any atom is 0.307 e. The van der Waals surface area contributed by atoms with E-state index in [0.717, 1.165) is 19.3 Å². The van der Waals surface area contributed by atoms with Crippen LogP contribution in [0.3, 0.4) is 0 Å². The molecular weight excluding hydrogens is 144 g/mol. The molecule has 0 spiro atoms. The van der Waals surface area contributed by atoms with Crippen LogP contribution in [0.4, 0.5) is 0 Å². The summed E-state index contributed by atoms with van der Waals surface area (Å²) in [4.78, 5) is 10.6. The van der Waals surface area contributed by atoms with E-state index in [2.05, 4.69) is 0 Å². The zero-order valence-corrected chi connectivity index (χ0v) is 6.23. The maximum atomic E-state index is 10.6. The van der Waals surface area contributed by atoms with E-state index in [1.165, 1.54) is 0 Å². The van der Waals surface area contributed by atoms with E-state index in [0.29, 0.717) is 0 Å². The fourth-order valence-corrected chi connectivity index (χ4v) is 2.40. The van der Waals surface area contributed by atoms with Gasteiger partial charge in [0.1, 0.15) is 0 Å². The van der Waals surface area contributed by atoms with Crippen molar-refractivity contribution in [3.05, 3.63) is 0 Å². The molecule has 0 aromatic rings. The Kier molecular flexibility index (Phi) is 1.42. The first-order valence-electron chi connectivity index (χ1n) is 4.12.